The van der Waals surface area contributed by atoms with Gasteiger partial charge in [0.25, 0.3) is 0 Å². The largest absolute Gasteiger partial charge is 0.494 e. The Morgan fingerprint density at radius 1 is 1.09 bits per heavy atom. The van der Waals surface area contributed by atoms with Crippen LogP contribution in [0.3, 0.4) is 0 Å². The van der Waals surface area contributed by atoms with E-state index in [1.807, 2.05) is 31.2 Å². The maximum atomic E-state index is 13.1. The molecule has 1 N–H and O–H groups in total. The van der Waals surface area contributed by atoms with Crippen LogP contribution in [0.5, 0.6) is 5.75 Å². The van der Waals surface area contributed by atoms with Gasteiger partial charge in [0.05, 0.1) is 19.8 Å². The molecular weight excluding hydrogens is 293 g/mol. The van der Waals surface area contributed by atoms with Crippen LogP contribution in [0.15, 0.2) is 48.5 Å². The van der Waals surface area contributed by atoms with Crippen molar-refractivity contribution in [2.45, 2.75) is 25.4 Å². The molecule has 1 aliphatic rings. The van der Waals surface area contributed by atoms with Crippen LogP contribution in [0, 0.1) is 5.82 Å². The van der Waals surface area contributed by atoms with Crippen LogP contribution < -0.4 is 10.1 Å². The summed E-state index contributed by atoms with van der Waals surface area (Å²) in [5.41, 5.74) is 2.33. The van der Waals surface area contributed by atoms with Gasteiger partial charge in [-0.2, -0.15) is 0 Å². The maximum absolute atomic E-state index is 13.1. The Hall–Kier alpha value is -1.91. The molecule has 3 rings (SSSR count). The first-order valence-electron chi connectivity index (χ1n) is 8.04. The molecule has 0 bridgehead atoms. The Kier molecular flexibility index (Phi) is 5.26. The summed E-state index contributed by atoms with van der Waals surface area (Å²) in [6, 6.07) is 15.1. The lowest BCUT2D eigenvalue weighted by atomic mass is 9.94. The average molecular weight is 315 g/mol. The van der Waals surface area contributed by atoms with E-state index in [1.54, 1.807) is 0 Å². The van der Waals surface area contributed by atoms with Gasteiger partial charge in [-0.25, -0.2) is 4.39 Å². The van der Waals surface area contributed by atoms with Crippen LogP contribution in [0.2, 0.25) is 0 Å². The van der Waals surface area contributed by atoms with Crippen molar-refractivity contribution < 1.29 is 13.9 Å². The molecule has 0 unspecified atom stereocenters. The van der Waals surface area contributed by atoms with Crippen molar-refractivity contribution in [3.8, 4) is 5.75 Å². The normalized spacial score (nSPS) is 20.6. The number of halogens is 1. The van der Waals surface area contributed by atoms with Crippen LogP contribution >= 0.6 is 0 Å². The maximum Gasteiger partial charge on any atom is 0.123 e. The minimum Gasteiger partial charge on any atom is -0.494 e. The fourth-order valence-corrected chi connectivity index (χ4v) is 2.91. The second-order valence-electron chi connectivity index (χ2n) is 5.76. The summed E-state index contributed by atoms with van der Waals surface area (Å²) >= 11 is 0. The third-order valence-corrected chi connectivity index (χ3v) is 4.18. The van der Waals surface area contributed by atoms with Gasteiger partial charge in [0.2, 0.25) is 0 Å². The molecule has 1 fully saturated rings. The molecular formula is C19H22FNO2. The highest BCUT2D eigenvalue weighted by atomic mass is 19.1. The van der Waals surface area contributed by atoms with E-state index in [4.69, 9.17) is 9.47 Å². The average Bonchev–Trinajstić information content (AvgIpc) is 3.04. The molecule has 1 aliphatic heterocycles. The van der Waals surface area contributed by atoms with Crippen LogP contribution in [0.25, 0.3) is 0 Å². The van der Waals surface area contributed by atoms with Crippen molar-refractivity contribution in [3.63, 3.8) is 0 Å². The van der Waals surface area contributed by atoms with E-state index >= 15 is 0 Å². The van der Waals surface area contributed by atoms with Crippen molar-refractivity contribution in [2.24, 2.45) is 0 Å². The van der Waals surface area contributed by atoms with Gasteiger partial charge in [-0.15, -0.1) is 0 Å². The first kappa shape index (κ1) is 16.0. The molecule has 122 valence electrons. The Bertz CT molecular complexity index is 612. The van der Waals surface area contributed by atoms with Crippen LogP contribution in [-0.4, -0.2) is 25.9 Å². The highest BCUT2D eigenvalue weighted by molar-refractivity contribution is 5.28. The van der Waals surface area contributed by atoms with Crippen molar-refractivity contribution in [1.29, 1.82) is 0 Å². The summed E-state index contributed by atoms with van der Waals surface area (Å²) in [4.78, 5) is 0. The fraction of sp³-hybridized carbons (Fsp3) is 0.368. The number of ether oxygens (including phenoxy) is 2. The van der Waals surface area contributed by atoms with Crippen molar-refractivity contribution in [1.82, 2.24) is 5.32 Å². The minimum absolute atomic E-state index is 0.202. The van der Waals surface area contributed by atoms with E-state index < -0.39 is 0 Å². The molecule has 0 saturated carbocycles. The highest BCUT2D eigenvalue weighted by Gasteiger charge is 2.29. The zero-order valence-corrected chi connectivity index (χ0v) is 13.3. The summed E-state index contributed by atoms with van der Waals surface area (Å²) in [6.07, 6.45) is 0. The predicted molar refractivity (Wildman–Crippen MR) is 88.2 cm³/mol. The summed E-state index contributed by atoms with van der Waals surface area (Å²) in [6.45, 7) is 4.78. The summed E-state index contributed by atoms with van der Waals surface area (Å²) in [7, 11) is 0. The van der Waals surface area contributed by atoms with Crippen LogP contribution in [0.1, 0.15) is 24.0 Å². The van der Waals surface area contributed by atoms with Gasteiger partial charge in [-0.3, -0.25) is 0 Å². The van der Waals surface area contributed by atoms with Crippen LogP contribution in [0.4, 0.5) is 4.39 Å². The molecule has 2 aromatic rings. The molecule has 1 heterocycles. The number of hydrogen-bond acceptors (Lipinski definition) is 3. The number of rotatable bonds is 6. The zero-order valence-electron chi connectivity index (χ0n) is 13.3. The van der Waals surface area contributed by atoms with Gasteiger partial charge in [0, 0.05) is 18.5 Å². The molecule has 0 radical (unpaired) electrons. The summed E-state index contributed by atoms with van der Waals surface area (Å²) in [5, 5.41) is 3.55. The quantitative estimate of drug-likeness (QED) is 0.885. The van der Waals surface area contributed by atoms with Crippen molar-refractivity contribution >= 4 is 0 Å². The van der Waals surface area contributed by atoms with Gasteiger partial charge < -0.3 is 14.8 Å². The monoisotopic (exact) mass is 315 g/mol. The Labute approximate surface area is 136 Å². The number of nitrogens with one attached hydrogen (secondary N) is 1. The molecule has 23 heavy (non-hydrogen) atoms. The minimum atomic E-state index is -0.202. The summed E-state index contributed by atoms with van der Waals surface area (Å²) in [5.74, 6) is 0.953. The standard InChI is InChI=1S/C19H22FNO2/c1-2-23-17-9-3-14(4-10-17)11-21-19-13-22-12-18(19)15-5-7-16(20)8-6-15/h3-10,18-19,21H,2,11-13H2,1H3/t18-,19+/m0/s1. The zero-order chi connectivity index (χ0) is 16.1. The lowest BCUT2D eigenvalue weighted by Crippen LogP contribution is -2.33. The number of benzene rings is 2. The van der Waals surface area contributed by atoms with Gasteiger partial charge in [0.1, 0.15) is 11.6 Å². The summed E-state index contributed by atoms with van der Waals surface area (Å²) < 4.78 is 24.1. The van der Waals surface area contributed by atoms with Gasteiger partial charge in [-0.1, -0.05) is 24.3 Å². The second kappa shape index (κ2) is 7.57. The van der Waals surface area contributed by atoms with Crippen molar-refractivity contribution in [2.75, 3.05) is 19.8 Å². The second-order valence-corrected chi connectivity index (χ2v) is 5.76. The van der Waals surface area contributed by atoms with E-state index in [-0.39, 0.29) is 17.8 Å². The van der Waals surface area contributed by atoms with Crippen LogP contribution in [-0.2, 0) is 11.3 Å². The van der Waals surface area contributed by atoms with Gasteiger partial charge in [0.15, 0.2) is 0 Å². The third kappa shape index (κ3) is 4.09. The van der Waals surface area contributed by atoms with E-state index in [0.29, 0.717) is 19.8 Å². The van der Waals surface area contributed by atoms with E-state index in [1.165, 1.54) is 17.7 Å². The third-order valence-electron chi connectivity index (χ3n) is 4.18. The molecule has 4 heteroatoms. The van der Waals surface area contributed by atoms with E-state index in [2.05, 4.69) is 17.4 Å². The molecule has 0 spiro atoms. The first-order chi connectivity index (χ1) is 11.3. The molecule has 2 aromatic carbocycles. The smallest absolute Gasteiger partial charge is 0.123 e. The molecule has 1 saturated heterocycles. The molecule has 0 amide bonds. The predicted octanol–water partition coefficient (Wildman–Crippen LogP) is 3.50. The SMILES string of the molecule is CCOc1ccc(CN[C@@H]2COC[C@H]2c2ccc(F)cc2)cc1. The highest BCUT2D eigenvalue weighted by Crippen LogP contribution is 2.26. The van der Waals surface area contributed by atoms with E-state index in [9.17, 15) is 4.39 Å². The molecule has 0 aliphatic carbocycles. The lowest BCUT2D eigenvalue weighted by molar-refractivity contribution is 0.187. The molecule has 0 aromatic heterocycles. The number of hydrogen-bond donors (Lipinski definition) is 1. The molecule has 2 atom stereocenters. The Balaban J connectivity index is 1.59. The van der Waals surface area contributed by atoms with Crippen molar-refractivity contribution in [3.05, 3.63) is 65.5 Å². The Morgan fingerprint density at radius 2 is 1.83 bits per heavy atom. The topological polar surface area (TPSA) is 30.5 Å². The lowest BCUT2D eigenvalue weighted by Gasteiger charge is -2.19. The fourth-order valence-electron chi connectivity index (χ4n) is 2.91. The van der Waals surface area contributed by atoms with Gasteiger partial charge >= 0.3 is 0 Å². The van der Waals surface area contributed by atoms with Gasteiger partial charge in [-0.05, 0) is 42.3 Å². The Morgan fingerprint density at radius 3 is 2.52 bits per heavy atom. The first-order valence-corrected chi connectivity index (χ1v) is 8.04. The van der Waals surface area contributed by atoms with E-state index in [0.717, 1.165) is 17.9 Å². The molecule has 3 nitrogen and oxygen atoms in total.